The Bertz CT molecular complexity index is 1280. The van der Waals surface area contributed by atoms with Gasteiger partial charge in [-0.15, -0.1) is 5.10 Å². The molecule has 2 aromatic heterocycles. The molecule has 0 bridgehead atoms. The number of benzene rings is 2. The number of alkyl halides is 3. The summed E-state index contributed by atoms with van der Waals surface area (Å²) in [7, 11) is 0. The van der Waals surface area contributed by atoms with Gasteiger partial charge in [-0.05, 0) is 32.0 Å². The van der Waals surface area contributed by atoms with Crippen molar-refractivity contribution in [2.75, 3.05) is 0 Å². The Kier molecular flexibility index (Phi) is 5.26. The zero-order valence-electron chi connectivity index (χ0n) is 16.4. The van der Waals surface area contributed by atoms with Gasteiger partial charge in [-0.25, -0.2) is 9.67 Å². The number of rotatable bonds is 4. The molecule has 0 unspecified atom stereocenters. The molecule has 2 heterocycles. The maximum Gasteiger partial charge on any atom is 0.434 e. The van der Waals surface area contributed by atoms with Gasteiger partial charge < -0.3 is 4.57 Å². The van der Waals surface area contributed by atoms with Crippen molar-refractivity contribution in [3.63, 3.8) is 0 Å². The first kappa shape index (κ1) is 21.0. The molecule has 0 N–H and O–H groups in total. The van der Waals surface area contributed by atoms with Gasteiger partial charge in [0.15, 0.2) is 5.69 Å². The summed E-state index contributed by atoms with van der Waals surface area (Å²) in [6, 6.07) is 12.0. The highest BCUT2D eigenvalue weighted by molar-refractivity contribution is 9.10. The number of ketones is 1. The minimum absolute atomic E-state index is 0.141. The van der Waals surface area contributed by atoms with Gasteiger partial charge in [0.05, 0.1) is 17.6 Å². The molecule has 0 fully saturated rings. The second-order valence-corrected chi connectivity index (χ2v) is 7.82. The van der Waals surface area contributed by atoms with Crippen LogP contribution in [0.15, 0.2) is 59.3 Å². The van der Waals surface area contributed by atoms with Gasteiger partial charge in [-0.2, -0.15) is 13.2 Å². The maximum atomic E-state index is 13.2. The van der Waals surface area contributed by atoms with Crippen LogP contribution in [0.1, 0.15) is 33.1 Å². The molecule has 0 amide bonds. The zero-order valence-corrected chi connectivity index (χ0v) is 17.9. The van der Waals surface area contributed by atoms with E-state index in [4.69, 9.17) is 0 Å². The molecular formula is C21H15BrF3N5O. The number of nitrogens with zero attached hydrogens (tertiary/aromatic N) is 5. The summed E-state index contributed by atoms with van der Waals surface area (Å²) in [5.74, 6) is -0.170. The minimum Gasteiger partial charge on any atom is -0.301 e. The Labute approximate surface area is 183 Å². The topological polar surface area (TPSA) is 65.6 Å². The van der Waals surface area contributed by atoms with Gasteiger partial charge in [-0.3, -0.25) is 4.79 Å². The van der Waals surface area contributed by atoms with Gasteiger partial charge in [0.2, 0.25) is 5.78 Å². The molecule has 0 spiro atoms. The van der Waals surface area contributed by atoms with Crippen LogP contribution in [-0.4, -0.2) is 30.3 Å². The summed E-state index contributed by atoms with van der Waals surface area (Å²) in [6.07, 6.45) is -2.33. The van der Waals surface area contributed by atoms with Crippen molar-refractivity contribution in [1.29, 1.82) is 0 Å². The van der Waals surface area contributed by atoms with Crippen LogP contribution in [-0.2, 0) is 6.18 Å². The van der Waals surface area contributed by atoms with Crippen molar-refractivity contribution in [3.8, 4) is 11.4 Å². The van der Waals surface area contributed by atoms with Crippen LogP contribution in [0.3, 0.4) is 0 Å². The molecule has 6 nitrogen and oxygen atoms in total. The van der Waals surface area contributed by atoms with Crippen molar-refractivity contribution in [2.45, 2.75) is 20.0 Å². The van der Waals surface area contributed by atoms with Crippen LogP contribution in [0.5, 0.6) is 0 Å². The van der Waals surface area contributed by atoms with Crippen LogP contribution < -0.4 is 0 Å². The van der Waals surface area contributed by atoms with E-state index >= 15 is 0 Å². The fraction of sp³-hybridized carbons (Fsp3) is 0.143. The Balaban J connectivity index is 1.86. The van der Waals surface area contributed by atoms with Crippen molar-refractivity contribution >= 4 is 21.7 Å². The lowest BCUT2D eigenvalue weighted by Gasteiger charge is -2.14. The normalized spacial score (nSPS) is 11.7. The molecule has 0 aliphatic carbocycles. The van der Waals surface area contributed by atoms with Crippen molar-refractivity contribution in [3.05, 3.63) is 87.7 Å². The van der Waals surface area contributed by atoms with E-state index in [9.17, 15) is 18.0 Å². The van der Waals surface area contributed by atoms with Crippen LogP contribution in [0.4, 0.5) is 13.2 Å². The Hall–Kier alpha value is -3.27. The first-order valence-electron chi connectivity index (χ1n) is 9.10. The molecule has 0 aliphatic heterocycles. The van der Waals surface area contributed by atoms with E-state index in [1.807, 2.05) is 19.1 Å². The highest BCUT2D eigenvalue weighted by Crippen LogP contribution is 2.31. The molecule has 31 heavy (non-hydrogen) atoms. The quantitative estimate of drug-likeness (QED) is 0.375. The predicted octanol–water partition coefficient (Wildman–Crippen LogP) is 5.08. The summed E-state index contributed by atoms with van der Waals surface area (Å²) in [5.41, 5.74) is 1.37. The molecule has 0 atom stereocenters. The number of aromatic nitrogens is 5. The van der Waals surface area contributed by atoms with Gasteiger partial charge >= 0.3 is 6.18 Å². The third kappa shape index (κ3) is 4.02. The van der Waals surface area contributed by atoms with E-state index in [1.54, 1.807) is 30.3 Å². The Morgan fingerprint density at radius 2 is 1.74 bits per heavy atom. The highest BCUT2D eigenvalue weighted by Gasteiger charge is 2.34. The Morgan fingerprint density at radius 1 is 1.03 bits per heavy atom. The van der Waals surface area contributed by atoms with Crippen molar-refractivity contribution in [1.82, 2.24) is 24.5 Å². The second kappa shape index (κ2) is 7.77. The van der Waals surface area contributed by atoms with Crippen LogP contribution in [0.25, 0.3) is 11.4 Å². The average molecular weight is 490 g/mol. The summed E-state index contributed by atoms with van der Waals surface area (Å²) >= 11 is 3.37. The zero-order chi connectivity index (χ0) is 22.3. The molecular weight excluding hydrogens is 475 g/mol. The molecule has 0 aliphatic rings. The van der Waals surface area contributed by atoms with E-state index in [-0.39, 0.29) is 17.3 Å². The third-order valence-corrected chi connectivity index (χ3v) is 5.19. The van der Waals surface area contributed by atoms with E-state index in [2.05, 4.69) is 31.2 Å². The number of imidazole rings is 1. The van der Waals surface area contributed by atoms with E-state index < -0.39 is 11.9 Å². The van der Waals surface area contributed by atoms with Crippen LogP contribution in [0, 0.1) is 13.8 Å². The highest BCUT2D eigenvalue weighted by atomic mass is 79.9. The SMILES string of the molecule is Cc1ccc(C(=O)c2cnnn2-c2cc(Br)ccc2-n2cc(C(F)(F)F)nc2C)cc1. The smallest absolute Gasteiger partial charge is 0.301 e. The molecule has 0 saturated carbocycles. The van der Waals surface area contributed by atoms with E-state index in [0.717, 1.165) is 11.8 Å². The van der Waals surface area contributed by atoms with Gasteiger partial charge in [0.1, 0.15) is 11.5 Å². The standard InChI is InChI=1S/C21H15BrF3N5O/c1-12-3-5-14(6-4-12)20(31)18-10-26-28-30(18)17-9-15(22)7-8-16(17)29-11-19(21(23,24)25)27-13(29)2/h3-11H,1-2H3. The van der Waals surface area contributed by atoms with E-state index in [1.165, 1.54) is 22.4 Å². The molecule has 0 saturated heterocycles. The molecule has 10 heteroatoms. The molecule has 2 aromatic carbocycles. The van der Waals surface area contributed by atoms with Gasteiger partial charge in [-0.1, -0.05) is 51.0 Å². The van der Waals surface area contributed by atoms with Crippen molar-refractivity contribution < 1.29 is 18.0 Å². The number of carbonyl (C=O) groups excluding carboxylic acids is 1. The van der Waals surface area contributed by atoms with Gasteiger partial charge in [0, 0.05) is 16.2 Å². The lowest BCUT2D eigenvalue weighted by Crippen LogP contribution is -2.13. The van der Waals surface area contributed by atoms with E-state index in [0.29, 0.717) is 21.4 Å². The first-order valence-corrected chi connectivity index (χ1v) is 9.90. The summed E-state index contributed by atoms with van der Waals surface area (Å²) < 4.78 is 42.8. The fourth-order valence-electron chi connectivity index (χ4n) is 3.14. The summed E-state index contributed by atoms with van der Waals surface area (Å²) in [4.78, 5) is 16.7. The fourth-order valence-corrected chi connectivity index (χ4v) is 3.49. The number of hydrogen-bond acceptors (Lipinski definition) is 4. The lowest BCUT2D eigenvalue weighted by molar-refractivity contribution is -0.141. The number of carbonyl (C=O) groups is 1. The molecule has 158 valence electrons. The summed E-state index contributed by atoms with van der Waals surface area (Å²) in [5, 5.41) is 7.90. The number of aryl methyl sites for hydroxylation is 2. The van der Waals surface area contributed by atoms with Crippen LogP contribution >= 0.6 is 15.9 Å². The maximum absolute atomic E-state index is 13.2. The second-order valence-electron chi connectivity index (χ2n) is 6.90. The molecule has 4 rings (SSSR count). The molecule has 0 radical (unpaired) electrons. The Morgan fingerprint density at radius 3 is 2.39 bits per heavy atom. The molecule has 4 aromatic rings. The van der Waals surface area contributed by atoms with Crippen LogP contribution in [0.2, 0.25) is 0 Å². The van der Waals surface area contributed by atoms with Crippen molar-refractivity contribution in [2.24, 2.45) is 0 Å². The average Bonchev–Trinajstić information content (AvgIpc) is 3.35. The third-order valence-electron chi connectivity index (χ3n) is 4.69. The lowest BCUT2D eigenvalue weighted by atomic mass is 10.1. The monoisotopic (exact) mass is 489 g/mol. The first-order chi connectivity index (χ1) is 14.6. The predicted molar refractivity (Wildman–Crippen MR) is 111 cm³/mol. The number of halogens is 4. The van der Waals surface area contributed by atoms with Gasteiger partial charge in [0.25, 0.3) is 0 Å². The largest absolute Gasteiger partial charge is 0.434 e. The minimum atomic E-state index is -4.58. The number of hydrogen-bond donors (Lipinski definition) is 0. The summed E-state index contributed by atoms with van der Waals surface area (Å²) in [6.45, 7) is 3.39.